The number of carbonyl (C=O) groups excluding carboxylic acids is 1. The molecule has 0 saturated heterocycles. The van der Waals surface area contributed by atoms with E-state index in [0.717, 1.165) is 11.3 Å². The molecule has 1 aromatic carbocycles. The monoisotopic (exact) mass is 252 g/mol. The molecule has 0 fully saturated rings. The lowest BCUT2D eigenvalue weighted by molar-refractivity contribution is -0.123. The molecule has 5 nitrogen and oxygen atoms in total. The van der Waals surface area contributed by atoms with Gasteiger partial charge in [0.25, 0.3) is 6.47 Å². The topological polar surface area (TPSA) is 92.4 Å². The average Bonchev–Trinajstić information content (AvgIpc) is 2.32. The van der Waals surface area contributed by atoms with Gasteiger partial charge in [-0.05, 0) is 24.5 Å². The number of benzene rings is 1. The van der Waals surface area contributed by atoms with Crippen molar-refractivity contribution in [2.45, 2.75) is 26.8 Å². The van der Waals surface area contributed by atoms with Crippen LogP contribution in [0, 0.1) is 12.8 Å². The molecule has 0 unspecified atom stereocenters. The molecule has 0 aliphatic carbocycles. The number of carbonyl (C=O) groups is 2. The van der Waals surface area contributed by atoms with Crippen LogP contribution < -0.4 is 11.1 Å². The first kappa shape index (κ1) is 16.1. The molecule has 18 heavy (non-hydrogen) atoms. The van der Waals surface area contributed by atoms with E-state index < -0.39 is 6.04 Å². The van der Waals surface area contributed by atoms with Crippen LogP contribution in [0.2, 0.25) is 0 Å². The van der Waals surface area contributed by atoms with Gasteiger partial charge in [0.15, 0.2) is 0 Å². The molecule has 0 spiro atoms. The zero-order valence-electron chi connectivity index (χ0n) is 10.9. The highest BCUT2D eigenvalue weighted by atomic mass is 16.3. The molecular formula is C13H20N2O3. The van der Waals surface area contributed by atoms with Gasteiger partial charge in [-0.1, -0.05) is 32.0 Å². The molecule has 1 amide bonds. The van der Waals surface area contributed by atoms with Crippen molar-refractivity contribution in [3.63, 3.8) is 0 Å². The lowest BCUT2D eigenvalue weighted by Gasteiger charge is -2.16. The third-order valence-electron chi connectivity index (χ3n) is 2.42. The summed E-state index contributed by atoms with van der Waals surface area (Å²) in [5.41, 5.74) is 7.62. The second-order valence-corrected chi connectivity index (χ2v) is 4.18. The summed E-state index contributed by atoms with van der Waals surface area (Å²) in [5.74, 6) is 0.0216. The number of hydrogen-bond donors (Lipinski definition) is 3. The molecule has 1 aromatic rings. The second-order valence-electron chi connectivity index (χ2n) is 4.18. The van der Waals surface area contributed by atoms with Gasteiger partial charge in [-0.3, -0.25) is 9.59 Å². The Hall–Kier alpha value is -1.88. The highest BCUT2D eigenvalue weighted by Gasteiger charge is 2.17. The molecule has 0 aliphatic rings. The van der Waals surface area contributed by atoms with Crippen LogP contribution in [0.3, 0.4) is 0 Å². The van der Waals surface area contributed by atoms with Gasteiger partial charge in [0, 0.05) is 5.69 Å². The highest BCUT2D eigenvalue weighted by molar-refractivity contribution is 5.95. The largest absolute Gasteiger partial charge is 0.483 e. The third kappa shape index (κ3) is 5.45. The molecule has 1 rings (SSSR count). The average molecular weight is 252 g/mol. The van der Waals surface area contributed by atoms with Crippen molar-refractivity contribution in [3.8, 4) is 0 Å². The number of nitrogens with one attached hydrogen (secondary N) is 1. The Morgan fingerprint density at radius 2 is 1.89 bits per heavy atom. The van der Waals surface area contributed by atoms with Crippen LogP contribution in [0.15, 0.2) is 24.3 Å². The summed E-state index contributed by atoms with van der Waals surface area (Å²) in [6, 6.07) is 7.21. The summed E-state index contributed by atoms with van der Waals surface area (Å²) in [6.07, 6.45) is 0. The minimum absolute atomic E-state index is 0.126. The van der Waals surface area contributed by atoms with Crippen LogP contribution in [-0.4, -0.2) is 23.5 Å². The fourth-order valence-corrected chi connectivity index (χ4v) is 1.23. The first-order valence-corrected chi connectivity index (χ1v) is 5.64. The fourth-order valence-electron chi connectivity index (χ4n) is 1.23. The number of aryl methyl sites for hydroxylation is 1. The van der Waals surface area contributed by atoms with E-state index in [2.05, 4.69) is 5.32 Å². The van der Waals surface area contributed by atoms with Gasteiger partial charge in [-0.15, -0.1) is 0 Å². The van der Waals surface area contributed by atoms with E-state index in [-0.39, 0.29) is 18.3 Å². The molecule has 100 valence electrons. The number of carboxylic acid groups (broad SMARTS) is 1. The zero-order valence-corrected chi connectivity index (χ0v) is 10.9. The SMILES string of the molecule is Cc1ccccc1NC(=O)[C@@H](N)C(C)C.O=CO. The predicted molar refractivity (Wildman–Crippen MR) is 71.3 cm³/mol. The van der Waals surface area contributed by atoms with E-state index in [1.807, 2.05) is 45.0 Å². The Bertz CT molecular complexity index is 392. The van der Waals surface area contributed by atoms with Gasteiger partial charge in [0.1, 0.15) is 0 Å². The van der Waals surface area contributed by atoms with Crippen LogP contribution in [0.1, 0.15) is 19.4 Å². The van der Waals surface area contributed by atoms with Gasteiger partial charge in [0.05, 0.1) is 6.04 Å². The summed E-state index contributed by atoms with van der Waals surface area (Å²) in [7, 11) is 0. The third-order valence-corrected chi connectivity index (χ3v) is 2.42. The van der Waals surface area contributed by atoms with Crippen LogP contribution in [-0.2, 0) is 9.59 Å². The lowest BCUT2D eigenvalue weighted by atomic mass is 10.0. The summed E-state index contributed by atoms with van der Waals surface area (Å²) in [4.78, 5) is 20.0. The Morgan fingerprint density at radius 3 is 2.33 bits per heavy atom. The van der Waals surface area contributed by atoms with Gasteiger partial charge in [-0.25, -0.2) is 0 Å². The maximum absolute atomic E-state index is 11.7. The Balaban J connectivity index is 0.000000873. The Morgan fingerprint density at radius 1 is 1.39 bits per heavy atom. The summed E-state index contributed by atoms with van der Waals surface area (Å²) in [6.45, 7) is 5.57. The van der Waals surface area contributed by atoms with Crippen molar-refractivity contribution in [3.05, 3.63) is 29.8 Å². The minimum Gasteiger partial charge on any atom is -0.483 e. The maximum Gasteiger partial charge on any atom is 0.290 e. The van der Waals surface area contributed by atoms with Crippen LogP contribution in [0.4, 0.5) is 5.69 Å². The minimum atomic E-state index is -0.454. The van der Waals surface area contributed by atoms with E-state index in [1.54, 1.807) is 0 Å². The first-order valence-electron chi connectivity index (χ1n) is 5.64. The molecule has 5 heteroatoms. The molecular weight excluding hydrogens is 232 g/mol. The van der Waals surface area contributed by atoms with Crippen molar-refractivity contribution in [1.29, 1.82) is 0 Å². The van der Waals surface area contributed by atoms with Crippen molar-refractivity contribution in [2.75, 3.05) is 5.32 Å². The molecule has 0 saturated carbocycles. The molecule has 0 aromatic heterocycles. The van der Waals surface area contributed by atoms with Crippen molar-refractivity contribution < 1.29 is 14.7 Å². The highest BCUT2D eigenvalue weighted by Crippen LogP contribution is 2.13. The van der Waals surface area contributed by atoms with Crippen LogP contribution in [0.5, 0.6) is 0 Å². The summed E-state index contributed by atoms with van der Waals surface area (Å²) in [5, 5.41) is 9.72. The van der Waals surface area contributed by atoms with E-state index in [9.17, 15) is 4.79 Å². The molecule has 0 heterocycles. The number of rotatable bonds is 3. The molecule has 0 radical (unpaired) electrons. The number of nitrogens with two attached hydrogens (primary N) is 1. The second kappa shape index (κ2) is 8.25. The van der Waals surface area contributed by atoms with Gasteiger partial charge in [-0.2, -0.15) is 0 Å². The maximum atomic E-state index is 11.7. The van der Waals surface area contributed by atoms with E-state index in [4.69, 9.17) is 15.6 Å². The van der Waals surface area contributed by atoms with Crippen molar-refractivity contribution >= 4 is 18.1 Å². The van der Waals surface area contributed by atoms with Gasteiger partial charge in [0.2, 0.25) is 5.91 Å². The van der Waals surface area contributed by atoms with E-state index >= 15 is 0 Å². The number of para-hydroxylation sites is 1. The van der Waals surface area contributed by atoms with E-state index in [0.29, 0.717) is 0 Å². The molecule has 4 N–H and O–H groups in total. The summed E-state index contributed by atoms with van der Waals surface area (Å²) < 4.78 is 0. The molecule has 0 aliphatic heterocycles. The molecule has 0 bridgehead atoms. The Labute approximate surface area is 107 Å². The van der Waals surface area contributed by atoms with E-state index in [1.165, 1.54) is 0 Å². The van der Waals surface area contributed by atoms with Crippen LogP contribution >= 0.6 is 0 Å². The van der Waals surface area contributed by atoms with Crippen LogP contribution in [0.25, 0.3) is 0 Å². The lowest BCUT2D eigenvalue weighted by Crippen LogP contribution is -2.39. The zero-order chi connectivity index (χ0) is 14.1. The smallest absolute Gasteiger partial charge is 0.290 e. The fraction of sp³-hybridized carbons (Fsp3) is 0.385. The van der Waals surface area contributed by atoms with Gasteiger partial charge >= 0.3 is 0 Å². The normalized spacial score (nSPS) is 11.2. The quantitative estimate of drug-likeness (QED) is 0.713. The number of amides is 1. The number of anilines is 1. The predicted octanol–water partition coefficient (Wildman–Crippen LogP) is 1.62. The standard InChI is InChI=1S/C12H18N2O.CH2O2/c1-8(2)11(13)12(15)14-10-7-5-4-6-9(10)3;2-1-3/h4-8,11H,13H2,1-3H3,(H,14,15);1H,(H,2,3)/t11-;/m0./s1. The first-order chi connectivity index (χ1) is 8.43. The summed E-state index contributed by atoms with van der Waals surface area (Å²) >= 11 is 0. The van der Waals surface area contributed by atoms with Gasteiger partial charge < -0.3 is 16.2 Å². The Kier molecular flexibility index (Phi) is 7.38. The number of hydrogen-bond acceptors (Lipinski definition) is 3. The van der Waals surface area contributed by atoms with Crippen molar-refractivity contribution in [1.82, 2.24) is 0 Å². The molecule has 1 atom stereocenters. The van der Waals surface area contributed by atoms with Crippen molar-refractivity contribution in [2.24, 2.45) is 11.7 Å².